The molecule has 28 heavy (non-hydrogen) atoms. The maximum absolute atomic E-state index is 12.5. The van der Waals surface area contributed by atoms with Crippen LogP contribution in [0.4, 0.5) is 13.2 Å². The minimum Gasteiger partial charge on any atom is -0.329 e. The van der Waals surface area contributed by atoms with Gasteiger partial charge in [-0.15, -0.1) is 0 Å². The molecule has 0 radical (unpaired) electrons. The summed E-state index contributed by atoms with van der Waals surface area (Å²) in [6.45, 7) is 0.00356. The maximum Gasteiger partial charge on any atom is 0.471 e. The van der Waals surface area contributed by atoms with Gasteiger partial charge in [0.2, 0.25) is 5.82 Å². The third kappa shape index (κ3) is 3.17. The molecular formula is C17H10F3N5O3. The van der Waals surface area contributed by atoms with Gasteiger partial charge in [-0.25, -0.2) is 0 Å². The molecule has 0 fully saturated rings. The van der Waals surface area contributed by atoms with Gasteiger partial charge in [-0.2, -0.15) is 18.2 Å². The normalized spacial score (nSPS) is 11.8. The number of nitrogens with zero attached hydrogens (tertiary/aromatic N) is 4. The molecule has 0 aliphatic carbocycles. The molecule has 8 nitrogen and oxygen atoms in total. The molecule has 3 heterocycles. The zero-order chi connectivity index (χ0) is 19.9. The third-order valence-corrected chi connectivity index (χ3v) is 3.95. The van der Waals surface area contributed by atoms with Crippen molar-refractivity contribution in [2.75, 3.05) is 0 Å². The highest BCUT2D eigenvalue weighted by Gasteiger charge is 2.38. The quantitative estimate of drug-likeness (QED) is 0.539. The summed E-state index contributed by atoms with van der Waals surface area (Å²) < 4.78 is 43.1. The molecular weight excluding hydrogens is 379 g/mol. The van der Waals surface area contributed by atoms with Gasteiger partial charge in [0.15, 0.2) is 0 Å². The van der Waals surface area contributed by atoms with Crippen LogP contribution in [0.15, 0.2) is 56.7 Å². The molecule has 0 saturated heterocycles. The highest BCUT2D eigenvalue weighted by molar-refractivity contribution is 5.74. The van der Waals surface area contributed by atoms with Crippen molar-refractivity contribution in [1.82, 2.24) is 24.7 Å². The van der Waals surface area contributed by atoms with Crippen LogP contribution >= 0.6 is 0 Å². The van der Waals surface area contributed by atoms with Gasteiger partial charge >= 0.3 is 23.2 Å². The van der Waals surface area contributed by atoms with Gasteiger partial charge in [-0.1, -0.05) is 17.3 Å². The number of para-hydroxylation sites is 2. The number of rotatable bonds is 3. The van der Waals surface area contributed by atoms with E-state index in [4.69, 9.17) is 0 Å². The molecule has 0 amide bonds. The second kappa shape index (κ2) is 6.44. The Bertz CT molecular complexity index is 1270. The number of fused-ring (bicyclic) bond motifs is 1. The molecule has 0 unspecified atom stereocenters. The Balaban J connectivity index is 1.67. The summed E-state index contributed by atoms with van der Waals surface area (Å²) in [5.74, 6) is -1.71. The minimum absolute atomic E-state index is 0.00356. The van der Waals surface area contributed by atoms with Crippen molar-refractivity contribution in [2.24, 2.45) is 0 Å². The first-order chi connectivity index (χ1) is 13.3. The molecule has 1 N–H and O–H groups in total. The van der Waals surface area contributed by atoms with E-state index in [1.807, 2.05) is 0 Å². The Morgan fingerprint density at radius 2 is 1.89 bits per heavy atom. The fourth-order valence-electron chi connectivity index (χ4n) is 2.65. The van der Waals surface area contributed by atoms with Gasteiger partial charge in [0, 0.05) is 11.8 Å². The van der Waals surface area contributed by atoms with E-state index in [-0.39, 0.29) is 17.9 Å². The number of nitrogens with one attached hydrogen (secondary N) is 1. The largest absolute Gasteiger partial charge is 0.471 e. The number of hydrogen-bond acceptors (Lipinski definition) is 6. The highest BCUT2D eigenvalue weighted by atomic mass is 19.4. The second-order valence-electron chi connectivity index (χ2n) is 5.82. The molecule has 142 valence electrons. The van der Waals surface area contributed by atoms with Gasteiger partial charge in [0.05, 0.1) is 23.3 Å². The molecule has 4 aromatic rings. The average Bonchev–Trinajstić information content (AvgIpc) is 3.17. The molecule has 11 heteroatoms. The van der Waals surface area contributed by atoms with Crippen molar-refractivity contribution in [1.29, 1.82) is 0 Å². The maximum atomic E-state index is 12.5. The number of H-pyrrole nitrogens is 1. The van der Waals surface area contributed by atoms with Crippen molar-refractivity contribution in [3.05, 3.63) is 74.9 Å². The summed E-state index contributed by atoms with van der Waals surface area (Å²) in [7, 11) is 0. The summed E-state index contributed by atoms with van der Waals surface area (Å²) >= 11 is 0. The molecule has 3 aromatic heterocycles. The van der Waals surface area contributed by atoms with Gasteiger partial charge in [-0.3, -0.25) is 19.1 Å². The predicted molar refractivity (Wildman–Crippen MR) is 90.5 cm³/mol. The van der Waals surface area contributed by atoms with E-state index < -0.39 is 23.2 Å². The molecule has 0 spiro atoms. The molecule has 4 rings (SSSR count). The first kappa shape index (κ1) is 17.6. The van der Waals surface area contributed by atoms with Crippen molar-refractivity contribution in [3.63, 3.8) is 0 Å². The van der Waals surface area contributed by atoms with Crippen LogP contribution in [0, 0.1) is 0 Å². The number of halogens is 3. The second-order valence-corrected chi connectivity index (χ2v) is 5.82. The Hall–Kier alpha value is -3.76. The van der Waals surface area contributed by atoms with E-state index in [2.05, 4.69) is 24.6 Å². The van der Waals surface area contributed by atoms with Crippen LogP contribution in [0.25, 0.3) is 22.4 Å². The van der Waals surface area contributed by atoms with E-state index in [0.717, 1.165) is 0 Å². The standard InChI is InChI=1S/C17H10F3N5O3/c18-17(19,20)16-23-13(24-28-16)9-5-6-10(21-7-9)8-25-12-4-2-1-3-11(12)22-14(26)15(25)27/h1-7H,8H2,(H,22,26). The van der Waals surface area contributed by atoms with Crippen LogP contribution < -0.4 is 11.1 Å². The molecule has 0 aliphatic rings. The van der Waals surface area contributed by atoms with Crippen molar-refractivity contribution in [2.45, 2.75) is 12.7 Å². The molecule has 0 aliphatic heterocycles. The number of hydrogen-bond donors (Lipinski definition) is 1. The van der Waals surface area contributed by atoms with Crippen molar-refractivity contribution in [3.8, 4) is 11.4 Å². The Kier molecular flexibility index (Phi) is 4.06. The average molecular weight is 389 g/mol. The lowest BCUT2D eigenvalue weighted by Crippen LogP contribution is -2.36. The van der Waals surface area contributed by atoms with E-state index in [1.165, 1.54) is 22.9 Å². The first-order valence-electron chi connectivity index (χ1n) is 7.91. The van der Waals surface area contributed by atoms with Crippen molar-refractivity contribution >= 4 is 11.0 Å². The van der Waals surface area contributed by atoms with Gasteiger partial charge in [0.25, 0.3) is 0 Å². The Morgan fingerprint density at radius 3 is 2.57 bits per heavy atom. The van der Waals surface area contributed by atoms with Gasteiger partial charge in [-0.05, 0) is 24.3 Å². The topological polar surface area (TPSA) is 107 Å². The van der Waals surface area contributed by atoms with Crippen LogP contribution in [0.5, 0.6) is 0 Å². The van der Waals surface area contributed by atoms with E-state index >= 15 is 0 Å². The molecule has 1 aromatic carbocycles. The molecule has 0 atom stereocenters. The Labute approximate surface area is 153 Å². The zero-order valence-electron chi connectivity index (χ0n) is 13.9. The summed E-state index contributed by atoms with van der Waals surface area (Å²) in [6, 6.07) is 9.74. The number of alkyl halides is 3. The van der Waals surface area contributed by atoms with E-state index in [0.29, 0.717) is 16.7 Å². The zero-order valence-corrected chi connectivity index (χ0v) is 13.9. The monoisotopic (exact) mass is 389 g/mol. The minimum atomic E-state index is -4.73. The van der Waals surface area contributed by atoms with Crippen LogP contribution in [-0.4, -0.2) is 24.7 Å². The summed E-state index contributed by atoms with van der Waals surface area (Å²) in [4.78, 5) is 34.0. The smallest absolute Gasteiger partial charge is 0.329 e. The van der Waals surface area contributed by atoms with Gasteiger partial charge in [0.1, 0.15) is 0 Å². The van der Waals surface area contributed by atoms with E-state index in [9.17, 15) is 22.8 Å². The highest BCUT2D eigenvalue weighted by Crippen LogP contribution is 2.29. The fourth-order valence-corrected chi connectivity index (χ4v) is 2.65. The SMILES string of the molecule is O=c1[nH]c2ccccc2n(Cc2ccc(-c3noc(C(F)(F)F)n3)cn2)c1=O. The predicted octanol–water partition coefficient (Wildman–Crippen LogP) is 2.20. The number of aromatic nitrogens is 5. The molecule has 0 bridgehead atoms. The Morgan fingerprint density at radius 1 is 1.11 bits per heavy atom. The van der Waals surface area contributed by atoms with Crippen LogP contribution in [0.1, 0.15) is 11.6 Å². The van der Waals surface area contributed by atoms with Gasteiger partial charge < -0.3 is 9.51 Å². The summed E-state index contributed by atoms with van der Waals surface area (Å²) in [5, 5.41) is 3.29. The van der Waals surface area contributed by atoms with Crippen LogP contribution in [0.2, 0.25) is 0 Å². The number of benzene rings is 1. The number of pyridine rings is 1. The molecule has 0 saturated carbocycles. The van der Waals surface area contributed by atoms with E-state index in [1.54, 1.807) is 24.3 Å². The van der Waals surface area contributed by atoms with Crippen LogP contribution in [-0.2, 0) is 12.7 Å². The lowest BCUT2D eigenvalue weighted by atomic mass is 10.2. The number of aromatic amines is 1. The third-order valence-electron chi connectivity index (χ3n) is 3.95. The first-order valence-corrected chi connectivity index (χ1v) is 7.91. The lowest BCUT2D eigenvalue weighted by Gasteiger charge is -2.09. The summed E-state index contributed by atoms with van der Waals surface area (Å²) in [6.07, 6.45) is -3.47. The fraction of sp³-hybridized carbons (Fsp3) is 0.118. The lowest BCUT2D eigenvalue weighted by molar-refractivity contribution is -0.159. The van der Waals surface area contributed by atoms with Crippen molar-refractivity contribution < 1.29 is 17.7 Å². The van der Waals surface area contributed by atoms with Crippen LogP contribution in [0.3, 0.4) is 0 Å². The summed E-state index contributed by atoms with van der Waals surface area (Å²) in [5.41, 5.74) is 0.146.